The number of amides is 3. The van der Waals surface area contributed by atoms with Crippen molar-refractivity contribution in [2.45, 2.75) is 10.3 Å². The molecule has 0 spiro atoms. The number of nitrogens with one attached hydrogen (secondary N) is 3. The van der Waals surface area contributed by atoms with Gasteiger partial charge in [-0.05, 0) is 54.1 Å². The van der Waals surface area contributed by atoms with Crippen LogP contribution in [0, 0.1) is 11.7 Å². The van der Waals surface area contributed by atoms with Crippen LogP contribution in [-0.4, -0.2) is 29.3 Å². The highest BCUT2D eigenvalue weighted by molar-refractivity contribution is 6.53. The number of carbonyl (C=O) groups is 3. The van der Waals surface area contributed by atoms with E-state index in [0.29, 0.717) is 15.6 Å². The third kappa shape index (κ3) is 6.11. The lowest BCUT2D eigenvalue weighted by molar-refractivity contribution is -0.117. The molecule has 0 saturated heterocycles. The highest BCUT2D eigenvalue weighted by Crippen LogP contribution is 2.65. The van der Waals surface area contributed by atoms with Gasteiger partial charge in [-0.2, -0.15) is 0 Å². The Morgan fingerprint density at radius 3 is 2.18 bits per heavy atom. The zero-order valence-electron chi connectivity index (χ0n) is 19.3. The van der Waals surface area contributed by atoms with Crippen LogP contribution in [0.25, 0.3) is 0 Å². The van der Waals surface area contributed by atoms with Gasteiger partial charge < -0.3 is 20.7 Å². The molecule has 1 saturated carbocycles. The molecule has 1 fully saturated rings. The van der Waals surface area contributed by atoms with Crippen LogP contribution < -0.4 is 20.7 Å². The zero-order chi connectivity index (χ0) is 27.8. The molecule has 1 aliphatic rings. The van der Waals surface area contributed by atoms with Crippen LogP contribution >= 0.6 is 58.0 Å². The van der Waals surface area contributed by atoms with Gasteiger partial charge in [0.1, 0.15) is 4.33 Å². The van der Waals surface area contributed by atoms with Crippen LogP contribution in [0.5, 0.6) is 5.75 Å². The Morgan fingerprint density at radius 1 is 0.895 bits per heavy atom. The molecule has 0 heterocycles. The summed E-state index contributed by atoms with van der Waals surface area (Å²) < 4.78 is 17.4. The van der Waals surface area contributed by atoms with Crippen LogP contribution in [0.1, 0.15) is 21.8 Å². The smallest absolute Gasteiger partial charge is 0.407 e. The minimum atomic E-state index is -1.39. The van der Waals surface area contributed by atoms with Gasteiger partial charge in [0.25, 0.3) is 5.91 Å². The van der Waals surface area contributed by atoms with Gasteiger partial charge in [0, 0.05) is 40.5 Å². The molecule has 2 atom stereocenters. The first-order chi connectivity index (χ1) is 17.9. The number of rotatable bonds is 6. The van der Waals surface area contributed by atoms with E-state index in [4.69, 9.17) is 62.7 Å². The summed E-state index contributed by atoms with van der Waals surface area (Å²) >= 11 is 31.2. The third-order valence-corrected chi connectivity index (χ3v) is 7.36. The molecule has 4 rings (SSSR count). The molecule has 7 nitrogen and oxygen atoms in total. The number of hydrogen-bond acceptors (Lipinski definition) is 4. The summed E-state index contributed by atoms with van der Waals surface area (Å²) in [6.45, 7) is 0. The van der Waals surface area contributed by atoms with E-state index in [1.807, 2.05) is 0 Å². The van der Waals surface area contributed by atoms with Gasteiger partial charge in [-0.15, -0.1) is 23.2 Å². The van der Waals surface area contributed by atoms with E-state index in [1.165, 1.54) is 31.3 Å². The Bertz CT molecular complexity index is 1430. The standard InChI is InChI=1S/C25H17Cl5FN3O4/c1-32-24(37)38-19-10-15(3-5-18(19)31)33-22(35)16-9-14(2-4-17(16)28)34-23(36)21-20(25(21,29)30)11-6-12(26)8-13(27)7-11/h2-10,20-21H,1H3,(H,32,37)(H,33,35)(H,34,36)/t20-,21+/m1/s1. The van der Waals surface area contributed by atoms with Crippen molar-refractivity contribution in [3.8, 4) is 5.75 Å². The molecule has 0 aliphatic heterocycles. The summed E-state index contributed by atoms with van der Waals surface area (Å²) in [5.41, 5.74) is 1.02. The Hall–Kier alpha value is -2.75. The normalized spacial score (nSPS) is 17.3. The fourth-order valence-electron chi connectivity index (χ4n) is 3.83. The van der Waals surface area contributed by atoms with E-state index in [0.717, 1.165) is 12.1 Å². The van der Waals surface area contributed by atoms with Crippen molar-refractivity contribution >= 4 is 87.3 Å². The fraction of sp³-hybridized carbons (Fsp3) is 0.160. The van der Waals surface area contributed by atoms with Gasteiger partial charge in [-0.3, -0.25) is 9.59 Å². The fourth-order valence-corrected chi connectivity index (χ4v) is 5.40. The molecule has 0 unspecified atom stereocenters. The Kier molecular flexibility index (Phi) is 8.30. The van der Waals surface area contributed by atoms with Crippen LogP contribution in [0.2, 0.25) is 15.1 Å². The Morgan fingerprint density at radius 2 is 1.53 bits per heavy atom. The van der Waals surface area contributed by atoms with E-state index in [2.05, 4.69) is 16.0 Å². The predicted octanol–water partition coefficient (Wildman–Crippen LogP) is 7.28. The largest absolute Gasteiger partial charge is 0.412 e. The zero-order valence-corrected chi connectivity index (χ0v) is 23.0. The molecule has 38 heavy (non-hydrogen) atoms. The maximum atomic E-state index is 14.0. The molecule has 3 aromatic rings. The number of halogens is 6. The average Bonchev–Trinajstić information content (AvgIpc) is 3.43. The minimum Gasteiger partial charge on any atom is -0.407 e. The second-order valence-electron chi connectivity index (χ2n) is 8.26. The quantitative estimate of drug-likeness (QED) is 0.253. The molecular formula is C25H17Cl5FN3O4. The first kappa shape index (κ1) is 28.3. The summed E-state index contributed by atoms with van der Waals surface area (Å²) in [5, 5.41) is 8.28. The molecule has 3 amide bonds. The highest BCUT2D eigenvalue weighted by atomic mass is 35.5. The van der Waals surface area contributed by atoms with Crippen molar-refractivity contribution in [1.29, 1.82) is 0 Å². The van der Waals surface area contributed by atoms with Gasteiger partial charge in [-0.1, -0.05) is 34.8 Å². The molecular weight excluding hydrogens is 603 g/mol. The summed E-state index contributed by atoms with van der Waals surface area (Å²) in [7, 11) is 1.32. The number of alkyl halides is 2. The Labute approximate surface area is 241 Å². The summed E-state index contributed by atoms with van der Waals surface area (Å²) in [5.74, 6) is -3.71. The average molecular weight is 620 g/mol. The van der Waals surface area contributed by atoms with Crippen molar-refractivity contribution in [3.05, 3.63) is 86.6 Å². The van der Waals surface area contributed by atoms with Gasteiger partial charge in [0.2, 0.25) is 5.91 Å². The van der Waals surface area contributed by atoms with E-state index in [-0.39, 0.29) is 27.7 Å². The van der Waals surface area contributed by atoms with Crippen molar-refractivity contribution in [2.75, 3.05) is 17.7 Å². The molecule has 3 N–H and O–H groups in total. The van der Waals surface area contributed by atoms with Crippen LogP contribution in [0.3, 0.4) is 0 Å². The van der Waals surface area contributed by atoms with Gasteiger partial charge in [0.15, 0.2) is 11.6 Å². The lowest BCUT2D eigenvalue weighted by Gasteiger charge is -2.11. The molecule has 0 aromatic heterocycles. The number of ether oxygens (including phenoxy) is 1. The summed E-state index contributed by atoms with van der Waals surface area (Å²) in [6, 6.07) is 12.5. The van der Waals surface area contributed by atoms with Crippen molar-refractivity contribution < 1.29 is 23.5 Å². The monoisotopic (exact) mass is 617 g/mol. The number of carbonyl (C=O) groups excluding carboxylic acids is 3. The molecule has 0 radical (unpaired) electrons. The van der Waals surface area contributed by atoms with E-state index < -0.39 is 39.9 Å². The molecule has 3 aromatic carbocycles. The number of benzene rings is 3. The third-order valence-electron chi connectivity index (χ3n) is 5.65. The van der Waals surface area contributed by atoms with Crippen LogP contribution in [0.4, 0.5) is 20.6 Å². The van der Waals surface area contributed by atoms with Crippen molar-refractivity contribution in [3.63, 3.8) is 0 Å². The van der Waals surface area contributed by atoms with Crippen LogP contribution in [-0.2, 0) is 4.79 Å². The maximum absolute atomic E-state index is 14.0. The van der Waals surface area contributed by atoms with Crippen molar-refractivity contribution in [2.24, 2.45) is 5.92 Å². The van der Waals surface area contributed by atoms with Gasteiger partial charge >= 0.3 is 6.09 Å². The highest BCUT2D eigenvalue weighted by Gasteiger charge is 2.67. The Balaban J connectivity index is 1.49. The number of hydrogen-bond donors (Lipinski definition) is 3. The molecule has 198 valence electrons. The molecule has 1 aliphatic carbocycles. The first-order valence-electron chi connectivity index (χ1n) is 10.9. The summed E-state index contributed by atoms with van der Waals surface area (Å²) in [6.07, 6.45) is -0.881. The van der Waals surface area contributed by atoms with Crippen LogP contribution in [0.15, 0.2) is 54.6 Å². The lowest BCUT2D eigenvalue weighted by atomic mass is 10.1. The van der Waals surface area contributed by atoms with Gasteiger partial charge in [-0.25, -0.2) is 9.18 Å². The lowest BCUT2D eigenvalue weighted by Crippen LogP contribution is -2.22. The SMILES string of the molecule is CNC(=O)Oc1cc(NC(=O)c2cc(NC(=O)[C@@H]3[C@@H](c4cc(Cl)cc(Cl)c4)C3(Cl)Cl)ccc2Cl)ccc1F. The van der Waals surface area contributed by atoms with Gasteiger partial charge in [0.05, 0.1) is 16.5 Å². The second-order valence-corrected chi connectivity index (χ2v) is 11.0. The maximum Gasteiger partial charge on any atom is 0.412 e. The predicted molar refractivity (Wildman–Crippen MR) is 147 cm³/mol. The van der Waals surface area contributed by atoms with Crippen molar-refractivity contribution in [1.82, 2.24) is 5.32 Å². The summed E-state index contributed by atoms with van der Waals surface area (Å²) in [4.78, 5) is 37.3. The van der Waals surface area contributed by atoms with E-state index in [9.17, 15) is 18.8 Å². The first-order valence-corrected chi connectivity index (χ1v) is 12.7. The second kappa shape index (κ2) is 11.2. The molecule has 0 bridgehead atoms. The topological polar surface area (TPSA) is 96.5 Å². The number of anilines is 2. The van der Waals surface area contributed by atoms with E-state index >= 15 is 0 Å². The van der Waals surface area contributed by atoms with E-state index in [1.54, 1.807) is 18.2 Å². The minimum absolute atomic E-state index is 0.0135. The molecule has 13 heteroatoms.